The SMILES string of the molecule is COc1cc(C)c(-c2c(Br)nc(C)n2C)cc1C(C)C. The first kappa shape index (κ1) is 15.1. The maximum Gasteiger partial charge on any atom is 0.132 e. The molecular weight excluding hydrogens is 316 g/mol. The number of imidazole rings is 1. The van der Waals surface area contributed by atoms with E-state index >= 15 is 0 Å². The summed E-state index contributed by atoms with van der Waals surface area (Å²) < 4.78 is 8.51. The molecule has 1 aromatic carbocycles. The van der Waals surface area contributed by atoms with Crippen LogP contribution in [0.5, 0.6) is 5.75 Å². The minimum Gasteiger partial charge on any atom is -0.496 e. The number of aryl methyl sites for hydroxylation is 2. The molecule has 0 spiro atoms. The molecule has 2 aromatic rings. The predicted molar refractivity (Wildman–Crippen MR) is 86.5 cm³/mol. The van der Waals surface area contributed by atoms with Gasteiger partial charge in [0.15, 0.2) is 0 Å². The van der Waals surface area contributed by atoms with E-state index in [0.29, 0.717) is 5.92 Å². The maximum atomic E-state index is 5.51. The molecule has 0 saturated heterocycles. The van der Waals surface area contributed by atoms with Gasteiger partial charge in [-0.2, -0.15) is 0 Å². The van der Waals surface area contributed by atoms with E-state index in [4.69, 9.17) is 4.74 Å². The highest BCUT2D eigenvalue weighted by atomic mass is 79.9. The first-order valence-electron chi connectivity index (χ1n) is 6.74. The van der Waals surface area contributed by atoms with E-state index in [-0.39, 0.29) is 0 Å². The number of hydrogen-bond acceptors (Lipinski definition) is 2. The van der Waals surface area contributed by atoms with Crippen LogP contribution < -0.4 is 4.74 Å². The van der Waals surface area contributed by atoms with Crippen LogP contribution in [0, 0.1) is 13.8 Å². The Bertz CT molecular complexity index is 644. The predicted octanol–water partition coefficient (Wildman–Crippen LogP) is 4.60. The zero-order valence-electron chi connectivity index (χ0n) is 12.9. The van der Waals surface area contributed by atoms with E-state index in [1.165, 1.54) is 16.7 Å². The number of hydrogen-bond donors (Lipinski definition) is 0. The molecule has 0 unspecified atom stereocenters. The van der Waals surface area contributed by atoms with Crippen molar-refractivity contribution >= 4 is 15.9 Å². The largest absolute Gasteiger partial charge is 0.496 e. The monoisotopic (exact) mass is 336 g/mol. The van der Waals surface area contributed by atoms with Crippen molar-refractivity contribution in [3.63, 3.8) is 0 Å². The third kappa shape index (κ3) is 2.49. The number of halogens is 1. The molecule has 1 aromatic heterocycles. The first-order chi connectivity index (χ1) is 9.36. The van der Waals surface area contributed by atoms with Crippen LogP contribution in [0.4, 0.5) is 0 Å². The summed E-state index contributed by atoms with van der Waals surface area (Å²) in [7, 11) is 3.77. The Labute approximate surface area is 129 Å². The quantitative estimate of drug-likeness (QED) is 0.818. The van der Waals surface area contributed by atoms with Crippen LogP contribution in [0.3, 0.4) is 0 Å². The molecule has 2 rings (SSSR count). The molecule has 0 saturated carbocycles. The summed E-state index contributed by atoms with van der Waals surface area (Å²) in [4.78, 5) is 4.49. The van der Waals surface area contributed by atoms with Crippen LogP contribution in [-0.2, 0) is 7.05 Å². The van der Waals surface area contributed by atoms with Gasteiger partial charge in [-0.3, -0.25) is 0 Å². The van der Waals surface area contributed by atoms with Crippen LogP contribution in [0.25, 0.3) is 11.3 Å². The van der Waals surface area contributed by atoms with Crippen LogP contribution in [-0.4, -0.2) is 16.7 Å². The van der Waals surface area contributed by atoms with Gasteiger partial charge in [0.2, 0.25) is 0 Å². The van der Waals surface area contributed by atoms with E-state index in [1.807, 2.05) is 14.0 Å². The lowest BCUT2D eigenvalue weighted by molar-refractivity contribution is 0.407. The van der Waals surface area contributed by atoms with Gasteiger partial charge < -0.3 is 9.30 Å². The van der Waals surface area contributed by atoms with Crippen LogP contribution in [0.2, 0.25) is 0 Å². The molecule has 0 atom stereocenters. The summed E-state index contributed by atoms with van der Waals surface area (Å²) in [5.41, 5.74) is 4.72. The highest BCUT2D eigenvalue weighted by Crippen LogP contribution is 2.37. The lowest BCUT2D eigenvalue weighted by atomic mass is 9.95. The van der Waals surface area contributed by atoms with Gasteiger partial charge in [0.05, 0.1) is 12.8 Å². The Morgan fingerprint density at radius 3 is 2.35 bits per heavy atom. The smallest absolute Gasteiger partial charge is 0.132 e. The van der Waals surface area contributed by atoms with E-state index in [2.05, 4.69) is 58.4 Å². The minimum absolute atomic E-state index is 0.414. The van der Waals surface area contributed by atoms with Crippen LogP contribution in [0.15, 0.2) is 16.7 Å². The zero-order chi connectivity index (χ0) is 15.0. The molecule has 0 N–H and O–H groups in total. The van der Waals surface area contributed by atoms with Crippen molar-refractivity contribution in [1.82, 2.24) is 9.55 Å². The van der Waals surface area contributed by atoms with Crippen molar-refractivity contribution < 1.29 is 4.74 Å². The molecule has 3 nitrogen and oxygen atoms in total. The summed E-state index contributed by atoms with van der Waals surface area (Å²) in [6, 6.07) is 4.33. The molecule has 0 radical (unpaired) electrons. The van der Waals surface area contributed by atoms with E-state index in [9.17, 15) is 0 Å². The number of ether oxygens (including phenoxy) is 1. The molecule has 0 amide bonds. The van der Waals surface area contributed by atoms with Crippen molar-refractivity contribution in [1.29, 1.82) is 0 Å². The van der Waals surface area contributed by atoms with Gasteiger partial charge >= 0.3 is 0 Å². The second-order valence-electron chi connectivity index (χ2n) is 5.42. The molecule has 1 heterocycles. The van der Waals surface area contributed by atoms with Crippen molar-refractivity contribution in [3.8, 4) is 17.0 Å². The molecule has 108 valence electrons. The Morgan fingerprint density at radius 2 is 1.90 bits per heavy atom. The Balaban J connectivity index is 2.71. The highest BCUT2D eigenvalue weighted by Gasteiger charge is 2.18. The Kier molecular flexibility index (Phi) is 4.23. The van der Waals surface area contributed by atoms with Gasteiger partial charge in [-0.15, -0.1) is 0 Å². The van der Waals surface area contributed by atoms with Gasteiger partial charge in [-0.25, -0.2) is 4.98 Å². The van der Waals surface area contributed by atoms with Crippen molar-refractivity contribution in [2.45, 2.75) is 33.6 Å². The lowest BCUT2D eigenvalue weighted by Crippen LogP contribution is -2.00. The molecule has 0 bridgehead atoms. The topological polar surface area (TPSA) is 27.1 Å². The number of methoxy groups -OCH3 is 1. The second-order valence-corrected chi connectivity index (χ2v) is 6.17. The Hall–Kier alpha value is -1.29. The van der Waals surface area contributed by atoms with Gasteiger partial charge in [0.1, 0.15) is 16.2 Å². The molecular formula is C16H21BrN2O. The molecule has 0 fully saturated rings. The average molecular weight is 337 g/mol. The normalized spacial score (nSPS) is 11.2. The average Bonchev–Trinajstić information content (AvgIpc) is 2.63. The zero-order valence-corrected chi connectivity index (χ0v) is 14.5. The maximum absolute atomic E-state index is 5.51. The summed E-state index contributed by atoms with van der Waals surface area (Å²) in [6.45, 7) is 8.48. The third-order valence-electron chi connectivity index (χ3n) is 3.73. The summed E-state index contributed by atoms with van der Waals surface area (Å²) in [6.07, 6.45) is 0. The van der Waals surface area contributed by atoms with Gasteiger partial charge in [0, 0.05) is 12.6 Å². The number of nitrogens with zero attached hydrogens (tertiary/aromatic N) is 2. The minimum atomic E-state index is 0.414. The van der Waals surface area contributed by atoms with Gasteiger partial charge in [-0.05, 0) is 59.0 Å². The highest BCUT2D eigenvalue weighted by molar-refractivity contribution is 9.10. The summed E-state index contributed by atoms with van der Waals surface area (Å²) in [5, 5.41) is 0. The standard InChI is InChI=1S/C16H21BrN2O/c1-9(2)12-8-13(10(3)7-14(12)20-6)15-16(17)18-11(4)19(15)5/h7-9H,1-6H3. The fraction of sp³-hybridized carbons (Fsp3) is 0.438. The number of aromatic nitrogens is 2. The molecule has 0 aliphatic carbocycles. The van der Waals surface area contributed by atoms with E-state index in [1.54, 1.807) is 7.11 Å². The Morgan fingerprint density at radius 1 is 1.25 bits per heavy atom. The van der Waals surface area contributed by atoms with E-state index in [0.717, 1.165) is 21.9 Å². The molecule has 4 heteroatoms. The summed E-state index contributed by atoms with van der Waals surface area (Å²) >= 11 is 3.57. The third-order valence-corrected chi connectivity index (χ3v) is 4.28. The van der Waals surface area contributed by atoms with Crippen LogP contribution in [0.1, 0.15) is 36.7 Å². The summed E-state index contributed by atoms with van der Waals surface area (Å²) in [5.74, 6) is 2.36. The number of rotatable bonds is 3. The molecule has 20 heavy (non-hydrogen) atoms. The fourth-order valence-electron chi connectivity index (χ4n) is 2.44. The van der Waals surface area contributed by atoms with Crippen molar-refractivity contribution in [2.75, 3.05) is 7.11 Å². The second kappa shape index (κ2) is 5.60. The van der Waals surface area contributed by atoms with Crippen molar-refractivity contribution in [3.05, 3.63) is 33.7 Å². The number of benzene rings is 1. The van der Waals surface area contributed by atoms with Crippen LogP contribution >= 0.6 is 15.9 Å². The van der Waals surface area contributed by atoms with Gasteiger partial charge in [-0.1, -0.05) is 13.8 Å². The van der Waals surface area contributed by atoms with E-state index < -0.39 is 0 Å². The molecule has 0 aliphatic rings. The fourth-order valence-corrected chi connectivity index (χ4v) is 3.18. The first-order valence-corrected chi connectivity index (χ1v) is 7.53. The van der Waals surface area contributed by atoms with Crippen molar-refractivity contribution in [2.24, 2.45) is 7.05 Å². The molecule has 0 aliphatic heterocycles. The lowest BCUT2D eigenvalue weighted by Gasteiger charge is -2.17. The van der Waals surface area contributed by atoms with Gasteiger partial charge in [0.25, 0.3) is 0 Å².